The molecule has 4 nitrogen and oxygen atoms in total. The molecule has 0 unspecified atom stereocenters. The third-order valence-corrected chi connectivity index (χ3v) is 0. The van der Waals surface area contributed by atoms with Crippen molar-refractivity contribution in [3.05, 3.63) is 0 Å². The van der Waals surface area contributed by atoms with Gasteiger partial charge in [0.05, 0.1) is 0 Å². The summed E-state index contributed by atoms with van der Waals surface area (Å²) >= 11 is 0. The molecular weight excluding hydrogens is 127 g/mol. The summed E-state index contributed by atoms with van der Waals surface area (Å²) < 4.78 is 0. The minimum atomic E-state index is -1.83. The molecule has 0 rings (SSSR count). The van der Waals surface area contributed by atoms with Gasteiger partial charge in [0.2, 0.25) is 0 Å². The summed E-state index contributed by atoms with van der Waals surface area (Å²) in [7, 11) is 0.750. The van der Waals surface area contributed by atoms with Gasteiger partial charge in [-0.05, 0) is 0 Å². The maximum Gasteiger partial charge on any atom is 1.00 e. The second-order valence-electron chi connectivity index (χ2n) is 0.283. The monoisotopic (exact) mass is 132 g/mol. The van der Waals surface area contributed by atoms with Crippen LogP contribution in [-0.4, -0.2) is 23.5 Å². The predicted molar refractivity (Wildman–Crippen MR) is 16.6 cm³/mol. The maximum atomic E-state index is 8.56. The van der Waals surface area contributed by atoms with E-state index < -0.39 is 6.16 Å². The summed E-state index contributed by atoms with van der Waals surface area (Å²) in [6.45, 7) is 0. The van der Waals surface area contributed by atoms with Crippen LogP contribution in [0, 0.1) is 0 Å². The first-order valence-electron chi connectivity index (χ1n) is 1.06. The molecule has 0 aromatic rings. The molecule has 0 saturated heterocycles. The van der Waals surface area contributed by atoms with E-state index >= 15 is 0 Å². The molecule has 0 atom stereocenters. The third kappa shape index (κ3) is 217. The van der Waals surface area contributed by atoms with Crippen LogP contribution in [0.15, 0.2) is 0 Å². The summed E-state index contributed by atoms with van der Waals surface area (Å²) in [5.41, 5.74) is 0. The fraction of sp³-hybridized carbons (Fsp3) is 0.500. The van der Waals surface area contributed by atoms with Crippen LogP contribution in [0.3, 0.4) is 0 Å². The SMILES string of the molecule is C[O-].O=C(O)O.[K+]. The van der Waals surface area contributed by atoms with Gasteiger partial charge in [-0.3, -0.25) is 0 Å². The molecule has 2 N–H and O–H groups in total. The number of carboxylic acid groups (broad SMARTS) is 2. The Hall–Kier alpha value is 0.866. The second-order valence-corrected chi connectivity index (χ2v) is 0.283. The van der Waals surface area contributed by atoms with Crippen molar-refractivity contribution in [2.75, 3.05) is 7.11 Å². The Morgan fingerprint density at radius 1 is 1.43 bits per heavy atom. The standard InChI is InChI=1S/CH2O3.CH3O.K/c2-1(3)4;1-2;/h(H2,2,3,4);1H3;/q;-1;+1. The molecule has 0 aromatic carbocycles. The molecule has 0 aliphatic carbocycles. The summed E-state index contributed by atoms with van der Waals surface area (Å²) in [4.78, 5) is 8.56. The van der Waals surface area contributed by atoms with E-state index in [9.17, 15) is 0 Å². The van der Waals surface area contributed by atoms with E-state index in [1.807, 2.05) is 0 Å². The molecule has 0 fully saturated rings. The zero-order valence-electron chi connectivity index (χ0n) is 4.21. The average Bonchev–Trinajstić information content (AvgIpc) is 1.41. The summed E-state index contributed by atoms with van der Waals surface area (Å²) in [5, 5.41) is 22.2. The maximum absolute atomic E-state index is 8.56. The van der Waals surface area contributed by atoms with Gasteiger partial charge in [-0.1, -0.05) is 0 Å². The summed E-state index contributed by atoms with van der Waals surface area (Å²) in [5.74, 6) is 0. The molecule has 5 heteroatoms. The number of carbonyl (C=O) groups is 1. The van der Waals surface area contributed by atoms with E-state index in [-0.39, 0.29) is 51.4 Å². The third-order valence-electron chi connectivity index (χ3n) is 0. The van der Waals surface area contributed by atoms with Gasteiger partial charge in [-0.25, -0.2) is 4.79 Å². The van der Waals surface area contributed by atoms with Gasteiger partial charge in [-0.15, -0.1) is 0 Å². The molecule has 0 amide bonds. The Kier molecular flexibility index (Phi) is 35.4. The van der Waals surface area contributed by atoms with E-state index in [0.29, 0.717) is 0 Å². The molecule has 0 bridgehead atoms. The number of rotatable bonds is 0. The van der Waals surface area contributed by atoms with Crippen LogP contribution < -0.4 is 56.5 Å². The largest absolute Gasteiger partial charge is 1.00 e. The fourth-order valence-electron chi connectivity index (χ4n) is 0. The van der Waals surface area contributed by atoms with E-state index in [4.69, 9.17) is 20.1 Å². The van der Waals surface area contributed by atoms with Crippen molar-refractivity contribution in [2.45, 2.75) is 0 Å². The molecular formula is C2H5KO4. The molecule has 0 aromatic heterocycles. The van der Waals surface area contributed by atoms with E-state index in [2.05, 4.69) is 0 Å². The molecule has 0 radical (unpaired) electrons. The second kappa shape index (κ2) is 15.8. The minimum absolute atomic E-state index is 0. The van der Waals surface area contributed by atoms with Crippen LogP contribution in [0.4, 0.5) is 4.79 Å². The molecule has 7 heavy (non-hydrogen) atoms. The Morgan fingerprint density at radius 3 is 1.43 bits per heavy atom. The van der Waals surface area contributed by atoms with Crippen LogP contribution in [0.2, 0.25) is 0 Å². The smallest absolute Gasteiger partial charge is 0.857 e. The number of hydrogen-bond donors (Lipinski definition) is 2. The van der Waals surface area contributed by atoms with Crippen molar-refractivity contribution in [1.29, 1.82) is 0 Å². The van der Waals surface area contributed by atoms with E-state index in [1.54, 1.807) is 0 Å². The van der Waals surface area contributed by atoms with E-state index in [0.717, 1.165) is 7.11 Å². The van der Waals surface area contributed by atoms with Gasteiger partial charge < -0.3 is 15.3 Å². The molecule has 38 valence electrons. The van der Waals surface area contributed by atoms with Gasteiger partial charge in [-0.2, -0.15) is 7.11 Å². The summed E-state index contributed by atoms with van der Waals surface area (Å²) in [6, 6.07) is 0. The van der Waals surface area contributed by atoms with Crippen molar-refractivity contribution in [1.82, 2.24) is 0 Å². The number of hydrogen-bond acceptors (Lipinski definition) is 2. The minimum Gasteiger partial charge on any atom is -0.857 e. The van der Waals surface area contributed by atoms with Crippen molar-refractivity contribution < 1.29 is 71.5 Å². The van der Waals surface area contributed by atoms with Crippen LogP contribution in [0.1, 0.15) is 0 Å². The fourth-order valence-corrected chi connectivity index (χ4v) is 0. The van der Waals surface area contributed by atoms with Gasteiger partial charge in [0.15, 0.2) is 0 Å². The summed E-state index contributed by atoms with van der Waals surface area (Å²) in [6.07, 6.45) is -1.83. The van der Waals surface area contributed by atoms with Crippen molar-refractivity contribution >= 4 is 6.16 Å². The van der Waals surface area contributed by atoms with Crippen LogP contribution in [-0.2, 0) is 0 Å². The Labute approximate surface area is 83.6 Å². The normalized spacial score (nSPS) is 4.29. The molecule has 0 heterocycles. The topological polar surface area (TPSA) is 80.6 Å². The quantitative estimate of drug-likeness (QED) is 0.331. The van der Waals surface area contributed by atoms with Crippen LogP contribution >= 0.6 is 0 Å². The Bertz CT molecular complexity index is 32.7. The average molecular weight is 132 g/mol. The van der Waals surface area contributed by atoms with Crippen LogP contribution in [0.25, 0.3) is 0 Å². The first-order chi connectivity index (χ1) is 2.73. The van der Waals surface area contributed by atoms with Crippen molar-refractivity contribution in [3.63, 3.8) is 0 Å². The Balaban J connectivity index is -0.0000000480. The van der Waals surface area contributed by atoms with Crippen molar-refractivity contribution in [3.8, 4) is 0 Å². The molecule has 0 aliphatic rings. The first kappa shape index (κ1) is 15.7. The molecule has 0 aliphatic heterocycles. The zero-order valence-corrected chi connectivity index (χ0v) is 7.33. The van der Waals surface area contributed by atoms with Crippen LogP contribution in [0.5, 0.6) is 0 Å². The zero-order chi connectivity index (χ0) is 5.58. The first-order valence-corrected chi connectivity index (χ1v) is 1.06. The molecule has 0 spiro atoms. The predicted octanol–water partition coefficient (Wildman–Crippen LogP) is -3.80. The van der Waals surface area contributed by atoms with Crippen molar-refractivity contribution in [2.24, 2.45) is 0 Å². The van der Waals surface area contributed by atoms with Gasteiger partial charge in [0.1, 0.15) is 0 Å². The Morgan fingerprint density at radius 2 is 1.43 bits per heavy atom. The van der Waals surface area contributed by atoms with Gasteiger partial charge in [0, 0.05) is 0 Å². The van der Waals surface area contributed by atoms with E-state index in [1.165, 1.54) is 0 Å². The van der Waals surface area contributed by atoms with Gasteiger partial charge in [0.25, 0.3) is 0 Å². The molecule has 0 saturated carbocycles. The van der Waals surface area contributed by atoms with Gasteiger partial charge >= 0.3 is 57.5 Å².